The number of aromatic nitrogens is 2. The van der Waals surface area contributed by atoms with Crippen molar-refractivity contribution in [1.82, 2.24) is 14.7 Å². The maximum Gasteiger partial charge on any atom is 0.121 e. The first-order chi connectivity index (χ1) is 7.25. The summed E-state index contributed by atoms with van der Waals surface area (Å²) in [7, 11) is 2.25. The second kappa shape index (κ2) is 3.23. The van der Waals surface area contributed by atoms with Gasteiger partial charge in [0.25, 0.3) is 0 Å². The van der Waals surface area contributed by atoms with E-state index in [1.807, 2.05) is 10.7 Å². The topological polar surface area (TPSA) is 47.1 Å². The molecule has 0 spiro atoms. The standard InChI is InChI=1S/C11H18N4/c1-14-8-2-3-9(14)7-10(6-8)15-11(12)4-5-13-15/h4-5,8-10H,2-3,6-7,12H2,1H3. The Morgan fingerprint density at radius 2 is 1.93 bits per heavy atom. The van der Waals surface area contributed by atoms with E-state index >= 15 is 0 Å². The molecule has 2 aliphatic heterocycles. The molecule has 0 amide bonds. The number of hydrogen-bond donors (Lipinski definition) is 1. The van der Waals surface area contributed by atoms with E-state index in [-0.39, 0.29) is 0 Å². The molecule has 4 heteroatoms. The summed E-state index contributed by atoms with van der Waals surface area (Å²) in [6.07, 6.45) is 6.91. The molecule has 2 bridgehead atoms. The van der Waals surface area contributed by atoms with Gasteiger partial charge in [0.15, 0.2) is 0 Å². The zero-order valence-corrected chi connectivity index (χ0v) is 9.13. The molecule has 2 atom stereocenters. The molecule has 2 saturated heterocycles. The number of hydrogen-bond acceptors (Lipinski definition) is 3. The van der Waals surface area contributed by atoms with Crippen molar-refractivity contribution in [2.75, 3.05) is 12.8 Å². The Kier molecular flexibility index (Phi) is 1.99. The average Bonchev–Trinajstić information content (AvgIpc) is 2.70. The molecule has 1 aromatic heterocycles. The van der Waals surface area contributed by atoms with Gasteiger partial charge in [-0.1, -0.05) is 0 Å². The fourth-order valence-electron chi connectivity index (χ4n) is 3.21. The lowest BCUT2D eigenvalue weighted by Gasteiger charge is -2.36. The summed E-state index contributed by atoms with van der Waals surface area (Å²) in [5.41, 5.74) is 5.90. The van der Waals surface area contributed by atoms with Crippen molar-refractivity contribution in [3.05, 3.63) is 12.3 Å². The van der Waals surface area contributed by atoms with Crippen molar-refractivity contribution in [3.8, 4) is 0 Å². The van der Waals surface area contributed by atoms with Gasteiger partial charge < -0.3 is 10.6 Å². The summed E-state index contributed by atoms with van der Waals surface area (Å²) in [6.45, 7) is 0. The minimum absolute atomic E-state index is 0.522. The highest BCUT2D eigenvalue weighted by atomic mass is 15.3. The Labute approximate surface area is 90.0 Å². The molecule has 2 fully saturated rings. The summed E-state index contributed by atoms with van der Waals surface area (Å²) < 4.78 is 2.01. The van der Waals surface area contributed by atoms with Gasteiger partial charge in [-0.15, -0.1) is 0 Å². The van der Waals surface area contributed by atoms with Crippen LogP contribution in [-0.4, -0.2) is 33.8 Å². The van der Waals surface area contributed by atoms with Gasteiger partial charge in [-0.2, -0.15) is 5.10 Å². The van der Waals surface area contributed by atoms with E-state index in [0.717, 1.165) is 17.9 Å². The minimum atomic E-state index is 0.522. The minimum Gasteiger partial charge on any atom is -0.384 e. The van der Waals surface area contributed by atoms with Crippen molar-refractivity contribution < 1.29 is 0 Å². The summed E-state index contributed by atoms with van der Waals surface area (Å²) in [6, 6.07) is 3.91. The van der Waals surface area contributed by atoms with Gasteiger partial charge in [0, 0.05) is 12.1 Å². The van der Waals surface area contributed by atoms with Crippen LogP contribution in [-0.2, 0) is 0 Å². The third-order valence-corrected chi connectivity index (χ3v) is 4.12. The van der Waals surface area contributed by atoms with Crippen molar-refractivity contribution >= 4 is 5.82 Å². The van der Waals surface area contributed by atoms with Gasteiger partial charge in [0.05, 0.1) is 12.2 Å². The van der Waals surface area contributed by atoms with Crippen LogP contribution in [0.1, 0.15) is 31.7 Å². The Morgan fingerprint density at radius 3 is 2.47 bits per heavy atom. The quantitative estimate of drug-likeness (QED) is 0.752. The number of nitrogens with zero attached hydrogens (tertiary/aromatic N) is 3. The number of fused-ring (bicyclic) bond motifs is 2. The molecule has 2 aliphatic rings. The Morgan fingerprint density at radius 1 is 1.27 bits per heavy atom. The number of piperidine rings is 1. The number of anilines is 1. The highest BCUT2D eigenvalue weighted by Crippen LogP contribution is 2.39. The SMILES string of the molecule is CN1C2CCC1CC(n1nccc1N)C2. The Bertz CT molecular complexity index is 345. The van der Waals surface area contributed by atoms with Gasteiger partial charge in [0.1, 0.15) is 5.82 Å². The number of nitrogens with two attached hydrogens (primary N) is 1. The normalized spacial score (nSPS) is 35.9. The maximum atomic E-state index is 5.90. The lowest BCUT2D eigenvalue weighted by Crippen LogP contribution is -2.40. The maximum absolute atomic E-state index is 5.90. The Balaban J connectivity index is 1.84. The predicted octanol–water partition coefficient (Wildman–Crippen LogP) is 1.26. The number of nitrogen functional groups attached to an aromatic ring is 1. The van der Waals surface area contributed by atoms with Crippen molar-refractivity contribution in [2.24, 2.45) is 0 Å². The highest BCUT2D eigenvalue weighted by molar-refractivity contribution is 5.27. The van der Waals surface area contributed by atoms with Crippen LogP contribution < -0.4 is 5.73 Å². The first kappa shape index (κ1) is 9.21. The Hall–Kier alpha value is -1.03. The van der Waals surface area contributed by atoms with E-state index in [1.54, 1.807) is 6.20 Å². The largest absolute Gasteiger partial charge is 0.384 e. The molecule has 4 nitrogen and oxygen atoms in total. The van der Waals surface area contributed by atoms with Crippen molar-refractivity contribution in [2.45, 2.75) is 43.8 Å². The highest BCUT2D eigenvalue weighted by Gasteiger charge is 2.39. The van der Waals surface area contributed by atoms with Gasteiger partial charge in [-0.25, -0.2) is 4.68 Å². The molecular formula is C11H18N4. The van der Waals surface area contributed by atoms with Crippen LogP contribution in [0.5, 0.6) is 0 Å². The first-order valence-corrected chi connectivity index (χ1v) is 5.76. The zero-order chi connectivity index (χ0) is 10.4. The summed E-state index contributed by atoms with van der Waals surface area (Å²) >= 11 is 0. The molecule has 2 unspecified atom stereocenters. The van der Waals surface area contributed by atoms with Crippen molar-refractivity contribution in [1.29, 1.82) is 0 Å². The lowest BCUT2D eigenvalue weighted by atomic mass is 9.98. The fourth-order valence-corrected chi connectivity index (χ4v) is 3.21. The zero-order valence-electron chi connectivity index (χ0n) is 9.13. The van der Waals surface area contributed by atoms with Crippen LogP contribution in [0.15, 0.2) is 12.3 Å². The second-order valence-corrected chi connectivity index (χ2v) is 4.88. The number of rotatable bonds is 1. The van der Waals surface area contributed by atoms with Crippen molar-refractivity contribution in [3.63, 3.8) is 0 Å². The van der Waals surface area contributed by atoms with Crippen LogP contribution >= 0.6 is 0 Å². The first-order valence-electron chi connectivity index (χ1n) is 5.76. The van der Waals surface area contributed by atoms with E-state index in [2.05, 4.69) is 17.0 Å². The van der Waals surface area contributed by atoms with Gasteiger partial charge in [-0.05, 0) is 38.8 Å². The van der Waals surface area contributed by atoms with E-state index in [9.17, 15) is 0 Å². The van der Waals surface area contributed by atoms with E-state index < -0.39 is 0 Å². The van der Waals surface area contributed by atoms with E-state index in [0.29, 0.717) is 6.04 Å². The van der Waals surface area contributed by atoms with Gasteiger partial charge in [0.2, 0.25) is 0 Å². The summed E-state index contributed by atoms with van der Waals surface area (Å²) in [4.78, 5) is 2.54. The molecule has 0 aromatic carbocycles. The lowest BCUT2D eigenvalue weighted by molar-refractivity contribution is 0.132. The average molecular weight is 206 g/mol. The molecule has 0 saturated carbocycles. The molecular weight excluding hydrogens is 188 g/mol. The van der Waals surface area contributed by atoms with Gasteiger partial charge >= 0.3 is 0 Å². The fraction of sp³-hybridized carbons (Fsp3) is 0.727. The van der Waals surface area contributed by atoms with E-state index in [1.165, 1.54) is 25.7 Å². The van der Waals surface area contributed by atoms with Crippen LogP contribution in [0, 0.1) is 0 Å². The molecule has 3 rings (SSSR count). The van der Waals surface area contributed by atoms with Crippen LogP contribution in [0.4, 0.5) is 5.82 Å². The molecule has 0 radical (unpaired) electrons. The smallest absolute Gasteiger partial charge is 0.121 e. The van der Waals surface area contributed by atoms with Crippen LogP contribution in [0.3, 0.4) is 0 Å². The monoisotopic (exact) mass is 206 g/mol. The third kappa shape index (κ3) is 1.35. The predicted molar refractivity (Wildman–Crippen MR) is 59.5 cm³/mol. The van der Waals surface area contributed by atoms with Gasteiger partial charge in [-0.3, -0.25) is 0 Å². The molecule has 82 valence electrons. The molecule has 2 N–H and O–H groups in total. The van der Waals surface area contributed by atoms with Crippen LogP contribution in [0.25, 0.3) is 0 Å². The summed E-state index contributed by atoms with van der Waals surface area (Å²) in [5, 5.41) is 4.33. The molecule has 0 aliphatic carbocycles. The molecule has 15 heavy (non-hydrogen) atoms. The third-order valence-electron chi connectivity index (χ3n) is 4.12. The molecule has 1 aromatic rings. The summed E-state index contributed by atoms with van der Waals surface area (Å²) in [5.74, 6) is 0.809. The van der Waals surface area contributed by atoms with E-state index in [4.69, 9.17) is 5.73 Å². The van der Waals surface area contributed by atoms with Crippen LogP contribution in [0.2, 0.25) is 0 Å². The second-order valence-electron chi connectivity index (χ2n) is 4.88. The molecule has 3 heterocycles.